The summed E-state index contributed by atoms with van der Waals surface area (Å²) in [7, 11) is 1.49. The molecule has 0 aliphatic rings. The average Bonchev–Trinajstić information content (AvgIpc) is 2.56. The molecule has 24 heavy (non-hydrogen) atoms. The van der Waals surface area contributed by atoms with E-state index in [1.165, 1.54) is 32.2 Å². The summed E-state index contributed by atoms with van der Waals surface area (Å²) in [6.07, 6.45) is 2.44. The van der Waals surface area contributed by atoms with Crippen LogP contribution in [-0.2, 0) is 6.42 Å². The van der Waals surface area contributed by atoms with E-state index in [1.807, 2.05) is 6.07 Å². The summed E-state index contributed by atoms with van der Waals surface area (Å²) < 4.78 is 10.9. The number of ether oxygens (including phenoxy) is 2. The van der Waals surface area contributed by atoms with Gasteiger partial charge in [-0.3, -0.25) is 14.9 Å². The molecule has 124 valence electrons. The van der Waals surface area contributed by atoms with E-state index in [4.69, 9.17) is 9.47 Å². The minimum atomic E-state index is -0.583. The van der Waals surface area contributed by atoms with Gasteiger partial charge in [-0.2, -0.15) is 0 Å². The summed E-state index contributed by atoms with van der Waals surface area (Å²) in [4.78, 5) is 22.1. The first-order valence-electron chi connectivity index (χ1n) is 7.21. The lowest BCUT2D eigenvalue weighted by Gasteiger charge is -2.12. The SMILES string of the molecule is C=CCc1ccc(Oc2ccc(C(C)=O)cc2[N+](=O)[O-])c(OC)c1. The van der Waals surface area contributed by atoms with Crippen molar-refractivity contribution < 1.29 is 19.2 Å². The van der Waals surface area contributed by atoms with E-state index in [1.54, 1.807) is 18.2 Å². The Labute approximate surface area is 139 Å². The molecule has 2 aromatic carbocycles. The van der Waals surface area contributed by atoms with Gasteiger partial charge in [-0.25, -0.2) is 0 Å². The smallest absolute Gasteiger partial charge is 0.312 e. The van der Waals surface area contributed by atoms with Gasteiger partial charge in [0.2, 0.25) is 5.75 Å². The molecular weight excluding hydrogens is 310 g/mol. The third kappa shape index (κ3) is 3.78. The number of nitrogens with zero attached hydrogens (tertiary/aromatic N) is 1. The fraction of sp³-hybridized carbons (Fsp3) is 0.167. The topological polar surface area (TPSA) is 78.7 Å². The molecular formula is C18H17NO5. The summed E-state index contributed by atoms with van der Waals surface area (Å²) in [6, 6.07) is 9.40. The van der Waals surface area contributed by atoms with Crippen LogP contribution in [0.2, 0.25) is 0 Å². The zero-order valence-corrected chi connectivity index (χ0v) is 13.4. The molecule has 6 heteroatoms. The average molecular weight is 327 g/mol. The highest BCUT2D eigenvalue weighted by atomic mass is 16.6. The largest absolute Gasteiger partial charge is 0.493 e. The van der Waals surface area contributed by atoms with Crippen LogP contribution < -0.4 is 9.47 Å². The molecule has 0 saturated carbocycles. The van der Waals surface area contributed by atoms with Gasteiger partial charge in [-0.15, -0.1) is 6.58 Å². The van der Waals surface area contributed by atoms with Gasteiger partial charge in [0.1, 0.15) is 0 Å². The van der Waals surface area contributed by atoms with E-state index < -0.39 is 4.92 Å². The Hall–Kier alpha value is -3.15. The molecule has 6 nitrogen and oxygen atoms in total. The quantitative estimate of drug-likeness (QED) is 0.327. The van der Waals surface area contributed by atoms with Crippen molar-refractivity contribution in [2.75, 3.05) is 7.11 Å². The second kappa shape index (κ2) is 7.41. The fourth-order valence-electron chi connectivity index (χ4n) is 2.17. The first kappa shape index (κ1) is 17.2. The van der Waals surface area contributed by atoms with Gasteiger partial charge in [-0.05, 0) is 43.2 Å². The van der Waals surface area contributed by atoms with Crippen molar-refractivity contribution in [2.45, 2.75) is 13.3 Å². The zero-order chi connectivity index (χ0) is 17.7. The molecule has 0 aliphatic heterocycles. The zero-order valence-electron chi connectivity index (χ0n) is 13.4. The Morgan fingerprint density at radius 3 is 2.50 bits per heavy atom. The van der Waals surface area contributed by atoms with E-state index in [0.717, 1.165) is 5.56 Å². The van der Waals surface area contributed by atoms with E-state index in [0.29, 0.717) is 17.9 Å². The van der Waals surface area contributed by atoms with Gasteiger partial charge < -0.3 is 9.47 Å². The Morgan fingerprint density at radius 1 is 1.21 bits per heavy atom. The van der Waals surface area contributed by atoms with Crippen LogP contribution in [0.25, 0.3) is 0 Å². The monoisotopic (exact) mass is 327 g/mol. The maximum atomic E-state index is 11.4. The minimum absolute atomic E-state index is 0.0415. The normalized spacial score (nSPS) is 10.1. The predicted octanol–water partition coefficient (Wildman–Crippen LogP) is 4.33. The molecule has 0 amide bonds. The van der Waals surface area contributed by atoms with Gasteiger partial charge in [0.25, 0.3) is 0 Å². The lowest BCUT2D eigenvalue weighted by Crippen LogP contribution is -1.99. The van der Waals surface area contributed by atoms with Crippen LogP contribution in [-0.4, -0.2) is 17.8 Å². The first-order chi connectivity index (χ1) is 11.5. The number of hydrogen-bond donors (Lipinski definition) is 0. The highest BCUT2D eigenvalue weighted by Crippen LogP contribution is 2.37. The Kier molecular flexibility index (Phi) is 5.31. The molecule has 0 fully saturated rings. The lowest BCUT2D eigenvalue weighted by molar-refractivity contribution is -0.385. The summed E-state index contributed by atoms with van der Waals surface area (Å²) in [5, 5.41) is 11.3. The van der Waals surface area contributed by atoms with Gasteiger partial charge in [-0.1, -0.05) is 12.1 Å². The van der Waals surface area contributed by atoms with Crippen molar-refractivity contribution >= 4 is 11.5 Å². The van der Waals surface area contributed by atoms with Gasteiger partial charge in [0, 0.05) is 11.6 Å². The number of Topliss-reactive ketones (excluding diaryl/α,β-unsaturated/α-hetero) is 1. The maximum Gasteiger partial charge on any atom is 0.312 e. The highest BCUT2D eigenvalue weighted by Gasteiger charge is 2.19. The van der Waals surface area contributed by atoms with E-state index in [-0.39, 0.29) is 22.8 Å². The van der Waals surface area contributed by atoms with E-state index >= 15 is 0 Å². The summed E-state index contributed by atoms with van der Waals surface area (Å²) in [5.74, 6) is 0.596. The van der Waals surface area contributed by atoms with Crippen LogP contribution in [0.15, 0.2) is 49.1 Å². The Balaban J connectivity index is 2.42. The number of carbonyl (C=O) groups is 1. The number of rotatable bonds is 7. The van der Waals surface area contributed by atoms with Gasteiger partial charge in [0.05, 0.1) is 12.0 Å². The fourth-order valence-corrected chi connectivity index (χ4v) is 2.17. The second-order valence-electron chi connectivity index (χ2n) is 5.08. The number of hydrogen-bond acceptors (Lipinski definition) is 5. The second-order valence-corrected chi connectivity index (χ2v) is 5.08. The number of nitro benzene ring substituents is 1. The van der Waals surface area contributed by atoms with Crippen LogP contribution >= 0.6 is 0 Å². The molecule has 0 bridgehead atoms. The molecule has 0 saturated heterocycles. The third-order valence-electron chi connectivity index (χ3n) is 3.39. The van der Waals surface area contributed by atoms with Crippen molar-refractivity contribution in [3.63, 3.8) is 0 Å². The number of nitro groups is 1. The van der Waals surface area contributed by atoms with E-state index in [2.05, 4.69) is 6.58 Å². The molecule has 0 N–H and O–H groups in total. The van der Waals surface area contributed by atoms with Crippen molar-refractivity contribution in [1.29, 1.82) is 0 Å². The molecule has 0 aliphatic carbocycles. The Bertz CT molecular complexity index is 798. The standard InChI is InChI=1S/C18H17NO5/c1-4-5-13-6-8-17(18(10-13)23-3)24-16-9-7-14(12(2)20)11-15(16)19(21)22/h4,6-11H,1,5H2,2-3H3. The third-order valence-corrected chi connectivity index (χ3v) is 3.39. The molecule has 0 spiro atoms. The maximum absolute atomic E-state index is 11.4. The minimum Gasteiger partial charge on any atom is -0.493 e. The van der Waals surface area contributed by atoms with Crippen LogP contribution in [0.1, 0.15) is 22.8 Å². The number of benzene rings is 2. The lowest BCUT2D eigenvalue weighted by atomic mass is 10.1. The number of carbonyl (C=O) groups excluding carboxylic acids is 1. The van der Waals surface area contributed by atoms with Crippen molar-refractivity contribution in [2.24, 2.45) is 0 Å². The van der Waals surface area contributed by atoms with Gasteiger partial charge in [0.15, 0.2) is 17.3 Å². The summed E-state index contributed by atoms with van der Waals surface area (Å²) in [5.41, 5.74) is 0.956. The van der Waals surface area contributed by atoms with Crippen molar-refractivity contribution in [3.05, 3.63) is 70.3 Å². The number of methoxy groups -OCH3 is 1. The number of ketones is 1. The highest BCUT2D eigenvalue weighted by molar-refractivity contribution is 5.95. The summed E-state index contributed by atoms with van der Waals surface area (Å²) in [6.45, 7) is 5.03. The van der Waals surface area contributed by atoms with Crippen LogP contribution in [0.3, 0.4) is 0 Å². The van der Waals surface area contributed by atoms with Crippen LogP contribution in [0, 0.1) is 10.1 Å². The molecule has 0 heterocycles. The molecule has 2 aromatic rings. The predicted molar refractivity (Wildman–Crippen MR) is 90.1 cm³/mol. The molecule has 0 atom stereocenters. The molecule has 0 radical (unpaired) electrons. The van der Waals surface area contributed by atoms with Crippen molar-refractivity contribution in [3.8, 4) is 17.2 Å². The molecule has 0 aromatic heterocycles. The van der Waals surface area contributed by atoms with Gasteiger partial charge >= 0.3 is 5.69 Å². The van der Waals surface area contributed by atoms with Crippen LogP contribution in [0.5, 0.6) is 17.2 Å². The first-order valence-corrected chi connectivity index (χ1v) is 7.21. The Morgan fingerprint density at radius 2 is 1.92 bits per heavy atom. The molecule has 0 unspecified atom stereocenters. The van der Waals surface area contributed by atoms with E-state index in [9.17, 15) is 14.9 Å². The van der Waals surface area contributed by atoms with Crippen LogP contribution in [0.4, 0.5) is 5.69 Å². The summed E-state index contributed by atoms with van der Waals surface area (Å²) >= 11 is 0. The molecule has 2 rings (SSSR count). The van der Waals surface area contributed by atoms with Crippen molar-refractivity contribution in [1.82, 2.24) is 0 Å². The number of allylic oxidation sites excluding steroid dienone is 1.